The molecule has 2 heterocycles. The summed E-state index contributed by atoms with van der Waals surface area (Å²) in [6, 6.07) is 18.8. The van der Waals surface area contributed by atoms with E-state index < -0.39 is 0 Å². The van der Waals surface area contributed by atoms with Crippen LogP contribution >= 0.6 is 0 Å². The van der Waals surface area contributed by atoms with E-state index in [1.165, 1.54) is 0 Å². The minimum absolute atomic E-state index is 0.175. The fourth-order valence-corrected chi connectivity index (χ4v) is 3.81. The molecule has 1 unspecified atom stereocenters. The zero-order valence-electron chi connectivity index (χ0n) is 18.7. The van der Waals surface area contributed by atoms with Crippen molar-refractivity contribution in [3.05, 3.63) is 70.8 Å². The Labute approximate surface area is 193 Å². The summed E-state index contributed by atoms with van der Waals surface area (Å²) in [6.07, 6.45) is 2.28. The molecule has 166 valence electrons. The highest BCUT2D eigenvalue weighted by atomic mass is 16.5. The topological polar surface area (TPSA) is 103 Å². The summed E-state index contributed by atoms with van der Waals surface area (Å²) in [5.41, 5.74) is 3.79. The van der Waals surface area contributed by atoms with E-state index in [0.717, 1.165) is 42.0 Å². The predicted octanol–water partition coefficient (Wildman–Crippen LogP) is 5.57. The first-order valence-corrected chi connectivity index (χ1v) is 10.9. The molecule has 2 N–H and O–H groups in total. The van der Waals surface area contributed by atoms with Gasteiger partial charge < -0.3 is 20.1 Å². The molecule has 0 aliphatic carbocycles. The van der Waals surface area contributed by atoms with Crippen molar-refractivity contribution in [2.75, 3.05) is 23.8 Å². The van der Waals surface area contributed by atoms with E-state index in [1.54, 1.807) is 12.1 Å². The zero-order valence-corrected chi connectivity index (χ0v) is 18.7. The fraction of sp³-hybridized carbons (Fsp3) is 0.269. The Morgan fingerprint density at radius 1 is 1.00 bits per heavy atom. The first kappa shape index (κ1) is 22.1. The van der Waals surface area contributed by atoms with Crippen molar-refractivity contribution in [3.63, 3.8) is 0 Å². The fourth-order valence-electron chi connectivity index (χ4n) is 3.81. The first-order chi connectivity index (χ1) is 16.0. The standard InChI is InChI=1S/C26H25N5O2/c1-17-10-20(15-28)11-18(2)26(17)33-23-12-24(29-16-22-4-3-9-32-22)31-25(13-23)30-21-7-5-19(14-27)6-8-21/h5-8,10-13,22H,3-4,9,16H2,1-2H3,(H2,29,30,31). The van der Waals surface area contributed by atoms with E-state index in [-0.39, 0.29) is 6.10 Å². The number of rotatable bonds is 7. The van der Waals surface area contributed by atoms with E-state index in [0.29, 0.717) is 35.1 Å². The summed E-state index contributed by atoms with van der Waals surface area (Å²) >= 11 is 0. The molecule has 1 aliphatic rings. The summed E-state index contributed by atoms with van der Waals surface area (Å²) in [7, 11) is 0. The molecule has 1 saturated heterocycles. The number of anilines is 3. The number of hydrogen-bond acceptors (Lipinski definition) is 7. The molecule has 7 heteroatoms. The van der Waals surface area contributed by atoms with E-state index in [9.17, 15) is 5.26 Å². The van der Waals surface area contributed by atoms with Gasteiger partial charge in [0.05, 0.1) is 29.4 Å². The molecule has 0 saturated carbocycles. The maximum absolute atomic E-state index is 9.22. The van der Waals surface area contributed by atoms with Crippen molar-refractivity contribution in [1.82, 2.24) is 4.98 Å². The van der Waals surface area contributed by atoms with Crippen LogP contribution in [0.4, 0.5) is 17.3 Å². The van der Waals surface area contributed by atoms with Gasteiger partial charge in [0.2, 0.25) is 0 Å². The molecule has 1 aliphatic heterocycles. The highest BCUT2D eigenvalue weighted by molar-refractivity contribution is 5.62. The molecule has 0 radical (unpaired) electrons. The maximum Gasteiger partial charge on any atom is 0.136 e. The second-order valence-corrected chi connectivity index (χ2v) is 8.06. The molecule has 1 atom stereocenters. The highest BCUT2D eigenvalue weighted by Gasteiger charge is 2.16. The number of nitrogens with one attached hydrogen (secondary N) is 2. The number of hydrogen-bond donors (Lipinski definition) is 2. The van der Waals surface area contributed by atoms with Gasteiger partial charge in [-0.15, -0.1) is 0 Å². The van der Waals surface area contributed by atoms with Crippen molar-refractivity contribution >= 4 is 17.3 Å². The Balaban J connectivity index is 1.61. The second-order valence-electron chi connectivity index (χ2n) is 8.06. The second kappa shape index (κ2) is 10.0. The van der Waals surface area contributed by atoms with Gasteiger partial charge in [-0.2, -0.15) is 10.5 Å². The molecule has 2 aromatic carbocycles. The van der Waals surface area contributed by atoms with Gasteiger partial charge in [0.1, 0.15) is 23.1 Å². The van der Waals surface area contributed by atoms with Crippen LogP contribution in [0.1, 0.15) is 35.1 Å². The van der Waals surface area contributed by atoms with Gasteiger partial charge in [-0.05, 0) is 74.2 Å². The van der Waals surface area contributed by atoms with E-state index in [1.807, 2.05) is 50.2 Å². The monoisotopic (exact) mass is 439 g/mol. The lowest BCUT2D eigenvalue weighted by molar-refractivity contribution is 0.120. The average molecular weight is 440 g/mol. The predicted molar refractivity (Wildman–Crippen MR) is 127 cm³/mol. The lowest BCUT2D eigenvalue weighted by Gasteiger charge is -2.16. The number of ether oxygens (including phenoxy) is 2. The van der Waals surface area contributed by atoms with E-state index >= 15 is 0 Å². The molecule has 1 fully saturated rings. The number of aromatic nitrogens is 1. The van der Waals surface area contributed by atoms with Crippen molar-refractivity contribution in [3.8, 4) is 23.6 Å². The number of nitrogens with zero attached hydrogens (tertiary/aromatic N) is 3. The first-order valence-electron chi connectivity index (χ1n) is 10.9. The van der Waals surface area contributed by atoms with Crippen LogP contribution in [0.3, 0.4) is 0 Å². The number of aryl methyl sites for hydroxylation is 2. The molecular formula is C26H25N5O2. The summed E-state index contributed by atoms with van der Waals surface area (Å²) in [6.45, 7) is 5.32. The van der Waals surface area contributed by atoms with E-state index in [4.69, 9.17) is 14.7 Å². The Morgan fingerprint density at radius 3 is 2.33 bits per heavy atom. The van der Waals surface area contributed by atoms with Crippen LogP contribution in [0, 0.1) is 36.5 Å². The summed E-state index contributed by atoms with van der Waals surface area (Å²) in [4.78, 5) is 4.68. The van der Waals surface area contributed by atoms with Gasteiger partial charge in [0.25, 0.3) is 0 Å². The Bertz CT molecular complexity index is 1200. The van der Waals surface area contributed by atoms with Gasteiger partial charge in [0.15, 0.2) is 0 Å². The lowest BCUT2D eigenvalue weighted by atomic mass is 10.1. The third-order valence-corrected chi connectivity index (χ3v) is 5.43. The molecule has 0 bridgehead atoms. The molecule has 3 aromatic rings. The normalized spacial score (nSPS) is 14.8. The van der Waals surface area contributed by atoms with E-state index in [2.05, 4.69) is 27.8 Å². The van der Waals surface area contributed by atoms with Crippen LogP contribution in [0.5, 0.6) is 11.5 Å². The van der Waals surface area contributed by atoms with Gasteiger partial charge in [0, 0.05) is 31.0 Å². The summed E-state index contributed by atoms with van der Waals surface area (Å²) < 4.78 is 12.0. The molecule has 4 rings (SSSR count). The third kappa shape index (κ3) is 5.60. The third-order valence-electron chi connectivity index (χ3n) is 5.43. The largest absolute Gasteiger partial charge is 0.457 e. The number of pyridine rings is 1. The SMILES string of the molecule is Cc1cc(C#N)cc(C)c1Oc1cc(NCC2CCCO2)nc(Nc2ccc(C#N)cc2)c1. The minimum Gasteiger partial charge on any atom is -0.457 e. The molecular weight excluding hydrogens is 414 g/mol. The van der Waals surface area contributed by atoms with Crippen LogP contribution in [-0.4, -0.2) is 24.2 Å². The van der Waals surface area contributed by atoms with Crippen molar-refractivity contribution < 1.29 is 9.47 Å². The summed E-state index contributed by atoms with van der Waals surface area (Å²) in [5.74, 6) is 2.61. The zero-order chi connectivity index (χ0) is 23.2. The molecule has 0 spiro atoms. The molecule has 0 amide bonds. The maximum atomic E-state index is 9.22. The average Bonchev–Trinajstić information content (AvgIpc) is 3.34. The molecule has 7 nitrogen and oxygen atoms in total. The van der Waals surface area contributed by atoms with Crippen LogP contribution in [0.15, 0.2) is 48.5 Å². The van der Waals surface area contributed by atoms with Gasteiger partial charge in [-0.1, -0.05) is 0 Å². The Kier molecular flexibility index (Phi) is 6.73. The Morgan fingerprint density at radius 2 is 1.70 bits per heavy atom. The van der Waals surface area contributed by atoms with Crippen LogP contribution < -0.4 is 15.4 Å². The number of nitriles is 2. The van der Waals surface area contributed by atoms with Crippen molar-refractivity contribution in [1.29, 1.82) is 10.5 Å². The van der Waals surface area contributed by atoms with Crippen LogP contribution in [-0.2, 0) is 4.74 Å². The van der Waals surface area contributed by atoms with Gasteiger partial charge in [-0.3, -0.25) is 0 Å². The summed E-state index contributed by atoms with van der Waals surface area (Å²) in [5, 5.41) is 24.9. The van der Waals surface area contributed by atoms with Gasteiger partial charge in [-0.25, -0.2) is 4.98 Å². The minimum atomic E-state index is 0.175. The quantitative estimate of drug-likeness (QED) is 0.496. The lowest BCUT2D eigenvalue weighted by Crippen LogP contribution is -2.19. The van der Waals surface area contributed by atoms with Gasteiger partial charge >= 0.3 is 0 Å². The molecule has 33 heavy (non-hydrogen) atoms. The van der Waals surface area contributed by atoms with Crippen LogP contribution in [0.2, 0.25) is 0 Å². The van der Waals surface area contributed by atoms with Crippen molar-refractivity contribution in [2.45, 2.75) is 32.8 Å². The number of benzene rings is 2. The smallest absolute Gasteiger partial charge is 0.136 e. The van der Waals surface area contributed by atoms with Crippen LogP contribution in [0.25, 0.3) is 0 Å². The molecule has 1 aromatic heterocycles. The highest BCUT2D eigenvalue weighted by Crippen LogP contribution is 2.33. The van der Waals surface area contributed by atoms with Crippen molar-refractivity contribution in [2.24, 2.45) is 0 Å². The Hall–Kier alpha value is -4.07.